The molecular weight excluding hydrogens is 377 g/mol. The van der Waals surface area contributed by atoms with Crippen molar-refractivity contribution in [2.24, 2.45) is 7.05 Å². The van der Waals surface area contributed by atoms with Crippen LogP contribution < -0.4 is 0 Å². The summed E-state index contributed by atoms with van der Waals surface area (Å²) in [5.41, 5.74) is 4.22. The summed E-state index contributed by atoms with van der Waals surface area (Å²) in [6, 6.07) is 1.88. The van der Waals surface area contributed by atoms with E-state index in [-0.39, 0.29) is 11.1 Å². The number of aryl methyl sites for hydroxylation is 1. The first-order valence-corrected chi connectivity index (χ1v) is 9.02. The van der Waals surface area contributed by atoms with Crippen LogP contribution in [-0.4, -0.2) is 55.4 Å². The predicted octanol–water partition coefficient (Wildman–Crippen LogP) is 2.19. The molecular formula is C17H17Cl2N5O2. The number of pyridine rings is 1. The quantitative estimate of drug-likeness (QED) is 0.653. The highest BCUT2D eigenvalue weighted by molar-refractivity contribution is 6.44. The number of H-pyrrole nitrogens is 1. The lowest BCUT2D eigenvalue weighted by Gasteiger charge is -2.18. The Labute approximate surface area is 159 Å². The molecule has 1 aliphatic heterocycles. The fourth-order valence-electron chi connectivity index (χ4n) is 3.49. The first kappa shape index (κ1) is 17.3. The number of aromatic nitrogens is 4. The van der Waals surface area contributed by atoms with Crippen LogP contribution in [0.15, 0.2) is 12.3 Å². The lowest BCUT2D eigenvalue weighted by Crippen LogP contribution is -2.35. The first-order chi connectivity index (χ1) is 12.5. The molecule has 0 fully saturated rings. The number of aliphatic hydroxyl groups excluding tert-OH is 1. The Balaban J connectivity index is 1.88. The summed E-state index contributed by atoms with van der Waals surface area (Å²) < 4.78 is 1.71. The van der Waals surface area contributed by atoms with Crippen molar-refractivity contribution >= 4 is 40.0 Å². The molecule has 4 rings (SSSR count). The molecule has 0 saturated carbocycles. The van der Waals surface area contributed by atoms with Gasteiger partial charge in [-0.05, 0) is 18.1 Å². The maximum Gasteiger partial charge on any atom is 0.248 e. The molecule has 0 saturated heterocycles. The van der Waals surface area contributed by atoms with Crippen LogP contribution >= 0.6 is 23.2 Å². The lowest BCUT2D eigenvalue weighted by molar-refractivity contribution is -0.134. The van der Waals surface area contributed by atoms with Crippen LogP contribution in [0.2, 0.25) is 10.2 Å². The monoisotopic (exact) mass is 393 g/mol. The molecule has 136 valence electrons. The first-order valence-electron chi connectivity index (χ1n) is 8.26. The van der Waals surface area contributed by atoms with Crippen molar-refractivity contribution in [3.63, 3.8) is 0 Å². The van der Waals surface area contributed by atoms with Gasteiger partial charge in [0.2, 0.25) is 5.91 Å². The van der Waals surface area contributed by atoms with Gasteiger partial charge in [0.15, 0.2) is 5.15 Å². The predicted molar refractivity (Wildman–Crippen MR) is 99.4 cm³/mol. The highest BCUT2D eigenvalue weighted by Gasteiger charge is 2.26. The van der Waals surface area contributed by atoms with Gasteiger partial charge in [-0.3, -0.25) is 9.48 Å². The summed E-state index contributed by atoms with van der Waals surface area (Å²) in [4.78, 5) is 21.4. The van der Waals surface area contributed by atoms with Gasteiger partial charge in [0, 0.05) is 43.8 Å². The molecule has 3 aromatic rings. The van der Waals surface area contributed by atoms with E-state index in [0.29, 0.717) is 42.3 Å². The Morgan fingerprint density at radius 1 is 1.35 bits per heavy atom. The Hall–Kier alpha value is -2.09. The van der Waals surface area contributed by atoms with Gasteiger partial charge < -0.3 is 15.0 Å². The van der Waals surface area contributed by atoms with Gasteiger partial charge in [0.05, 0.1) is 5.52 Å². The SMILES string of the molecule is Cn1ccc(-c2nc(Cl)c(Cl)c3[nH]c4c(c23)CCN(C(=O)CO)CC4)n1. The molecule has 0 unspecified atom stereocenters. The Morgan fingerprint density at radius 2 is 2.12 bits per heavy atom. The van der Waals surface area contributed by atoms with Gasteiger partial charge >= 0.3 is 0 Å². The van der Waals surface area contributed by atoms with E-state index >= 15 is 0 Å². The average molecular weight is 394 g/mol. The minimum Gasteiger partial charge on any atom is -0.387 e. The highest BCUT2D eigenvalue weighted by Crippen LogP contribution is 2.39. The maximum atomic E-state index is 11.8. The molecule has 1 aliphatic rings. The van der Waals surface area contributed by atoms with E-state index in [2.05, 4.69) is 15.1 Å². The number of carbonyl (C=O) groups excluding carboxylic acids is 1. The number of hydrogen-bond donors (Lipinski definition) is 2. The van der Waals surface area contributed by atoms with Crippen LogP contribution in [0.25, 0.3) is 22.3 Å². The van der Waals surface area contributed by atoms with Crippen molar-refractivity contribution in [1.29, 1.82) is 0 Å². The molecule has 9 heteroatoms. The van der Waals surface area contributed by atoms with Crippen LogP contribution in [0.1, 0.15) is 11.3 Å². The fourth-order valence-corrected chi connectivity index (χ4v) is 3.86. The second-order valence-electron chi connectivity index (χ2n) is 6.31. The summed E-state index contributed by atoms with van der Waals surface area (Å²) in [6.45, 7) is 0.592. The molecule has 7 nitrogen and oxygen atoms in total. The van der Waals surface area contributed by atoms with Crippen LogP contribution in [0.5, 0.6) is 0 Å². The lowest BCUT2D eigenvalue weighted by atomic mass is 10.0. The molecule has 2 N–H and O–H groups in total. The fraction of sp³-hybridized carbons (Fsp3) is 0.353. The van der Waals surface area contributed by atoms with E-state index < -0.39 is 6.61 Å². The van der Waals surface area contributed by atoms with Crippen molar-refractivity contribution in [2.45, 2.75) is 12.8 Å². The van der Waals surface area contributed by atoms with Gasteiger partial charge in [0.1, 0.15) is 23.0 Å². The smallest absolute Gasteiger partial charge is 0.248 e. The van der Waals surface area contributed by atoms with E-state index in [0.717, 1.165) is 22.2 Å². The Kier molecular flexibility index (Phi) is 4.38. The highest BCUT2D eigenvalue weighted by atomic mass is 35.5. The number of nitrogens with one attached hydrogen (secondary N) is 1. The largest absolute Gasteiger partial charge is 0.387 e. The third-order valence-electron chi connectivity index (χ3n) is 4.75. The summed E-state index contributed by atoms with van der Waals surface area (Å²) in [5.74, 6) is -0.261. The number of nitrogens with zero attached hydrogens (tertiary/aromatic N) is 4. The second kappa shape index (κ2) is 6.57. The zero-order chi connectivity index (χ0) is 18.4. The number of rotatable bonds is 2. The van der Waals surface area contributed by atoms with Gasteiger partial charge in [-0.15, -0.1) is 0 Å². The molecule has 0 radical (unpaired) electrons. The molecule has 4 heterocycles. The number of amides is 1. The zero-order valence-electron chi connectivity index (χ0n) is 14.1. The summed E-state index contributed by atoms with van der Waals surface area (Å²) in [7, 11) is 1.84. The van der Waals surface area contributed by atoms with Crippen molar-refractivity contribution < 1.29 is 9.90 Å². The molecule has 0 atom stereocenters. The number of aromatic amines is 1. The third-order valence-corrected chi connectivity index (χ3v) is 5.49. The standard InChI is InChI=1S/C17H17Cl2N5O2/c1-23-5-3-11(22-23)15-13-9-2-6-24(12(26)8-25)7-4-10(9)20-16(13)14(18)17(19)21-15/h3,5,20,25H,2,4,6-8H2,1H3. The molecule has 3 aromatic heterocycles. The van der Waals surface area contributed by atoms with Crippen LogP contribution in [0, 0.1) is 0 Å². The number of carbonyl (C=O) groups is 1. The summed E-state index contributed by atoms with van der Waals surface area (Å²) >= 11 is 12.7. The summed E-state index contributed by atoms with van der Waals surface area (Å²) in [6.07, 6.45) is 3.13. The van der Waals surface area contributed by atoms with Gasteiger partial charge in [-0.1, -0.05) is 23.2 Å². The molecule has 0 bridgehead atoms. The third kappa shape index (κ3) is 2.76. The molecule has 1 amide bonds. The van der Waals surface area contributed by atoms with Gasteiger partial charge in [-0.2, -0.15) is 5.10 Å². The van der Waals surface area contributed by atoms with Crippen molar-refractivity contribution in [2.75, 3.05) is 19.7 Å². The number of aliphatic hydroxyl groups is 1. The Bertz CT molecular complexity index is 1010. The minimum atomic E-state index is -0.475. The van der Waals surface area contributed by atoms with E-state index in [4.69, 9.17) is 28.3 Å². The molecule has 26 heavy (non-hydrogen) atoms. The maximum absolute atomic E-state index is 11.8. The summed E-state index contributed by atoms with van der Waals surface area (Å²) in [5, 5.41) is 15.1. The van der Waals surface area contributed by atoms with Crippen molar-refractivity contribution in [3.05, 3.63) is 33.7 Å². The Morgan fingerprint density at radius 3 is 2.81 bits per heavy atom. The van der Waals surface area contributed by atoms with Crippen molar-refractivity contribution in [3.8, 4) is 11.4 Å². The zero-order valence-corrected chi connectivity index (χ0v) is 15.6. The average Bonchev–Trinajstić information content (AvgIpc) is 3.16. The second-order valence-corrected chi connectivity index (χ2v) is 7.05. The number of halogens is 2. The molecule has 0 aromatic carbocycles. The minimum absolute atomic E-state index is 0.230. The van der Waals surface area contributed by atoms with Gasteiger partial charge in [0.25, 0.3) is 0 Å². The number of fused-ring (bicyclic) bond motifs is 3. The van der Waals surface area contributed by atoms with Crippen LogP contribution in [-0.2, 0) is 24.7 Å². The van der Waals surface area contributed by atoms with E-state index in [1.165, 1.54) is 0 Å². The molecule has 0 spiro atoms. The normalized spacial score (nSPS) is 14.5. The van der Waals surface area contributed by atoms with Crippen molar-refractivity contribution in [1.82, 2.24) is 24.6 Å². The van der Waals surface area contributed by atoms with E-state index in [9.17, 15) is 4.79 Å². The van der Waals surface area contributed by atoms with Crippen LogP contribution in [0.3, 0.4) is 0 Å². The van der Waals surface area contributed by atoms with E-state index in [1.54, 1.807) is 9.58 Å². The van der Waals surface area contributed by atoms with E-state index in [1.807, 2.05) is 19.3 Å². The number of hydrogen-bond acceptors (Lipinski definition) is 4. The van der Waals surface area contributed by atoms with Gasteiger partial charge in [-0.25, -0.2) is 4.98 Å². The topological polar surface area (TPSA) is 87.0 Å². The molecule has 0 aliphatic carbocycles. The van der Waals surface area contributed by atoms with Crippen LogP contribution in [0.4, 0.5) is 0 Å².